The number of carbonyl (C=O) groups is 1. The zero-order valence-electron chi connectivity index (χ0n) is 8.72. The van der Waals surface area contributed by atoms with Crippen LogP contribution in [0.15, 0.2) is 42.6 Å². The summed E-state index contributed by atoms with van der Waals surface area (Å²) in [4.78, 5) is 15.5. The SMILES string of the molecule is O=C(Nc1ccc(O)cc1F)c1ccccn1. The molecule has 0 fully saturated rings. The number of hydrogen-bond donors (Lipinski definition) is 2. The van der Waals surface area contributed by atoms with Crippen molar-refractivity contribution < 1.29 is 14.3 Å². The van der Waals surface area contributed by atoms with Gasteiger partial charge >= 0.3 is 0 Å². The Morgan fingerprint density at radius 2 is 2.12 bits per heavy atom. The van der Waals surface area contributed by atoms with E-state index < -0.39 is 11.7 Å². The summed E-state index contributed by atoms with van der Waals surface area (Å²) in [5.41, 5.74) is 0.193. The van der Waals surface area contributed by atoms with Crippen LogP contribution < -0.4 is 5.32 Å². The number of phenolic OH excluding ortho intramolecular Hbond substituents is 1. The van der Waals surface area contributed by atoms with Gasteiger partial charge in [-0.3, -0.25) is 9.78 Å². The summed E-state index contributed by atoms with van der Waals surface area (Å²) in [5, 5.41) is 11.4. The minimum Gasteiger partial charge on any atom is -0.508 e. The molecule has 2 N–H and O–H groups in total. The fraction of sp³-hybridized carbons (Fsp3) is 0. The number of anilines is 1. The average Bonchev–Trinajstić information content (AvgIpc) is 2.34. The van der Waals surface area contributed by atoms with Gasteiger partial charge in [-0.25, -0.2) is 4.39 Å². The molecule has 0 atom stereocenters. The molecule has 0 unspecified atom stereocenters. The molecule has 0 aliphatic heterocycles. The van der Waals surface area contributed by atoms with Gasteiger partial charge in [0.05, 0.1) is 5.69 Å². The highest BCUT2D eigenvalue weighted by Crippen LogP contribution is 2.19. The van der Waals surface area contributed by atoms with Gasteiger partial charge in [0.15, 0.2) is 0 Å². The Morgan fingerprint density at radius 1 is 1.29 bits per heavy atom. The van der Waals surface area contributed by atoms with Gasteiger partial charge in [0.1, 0.15) is 17.3 Å². The number of aromatic nitrogens is 1. The second-order valence-electron chi connectivity index (χ2n) is 3.33. The maximum Gasteiger partial charge on any atom is 0.274 e. The van der Waals surface area contributed by atoms with Crippen LogP contribution >= 0.6 is 0 Å². The maximum atomic E-state index is 13.3. The summed E-state index contributed by atoms with van der Waals surface area (Å²) in [7, 11) is 0. The van der Waals surface area contributed by atoms with Crippen molar-refractivity contribution >= 4 is 11.6 Å². The molecule has 0 bridgehead atoms. The molecule has 1 heterocycles. The molecule has 0 spiro atoms. The smallest absolute Gasteiger partial charge is 0.274 e. The van der Waals surface area contributed by atoms with Crippen LogP contribution in [-0.2, 0) is 0 Å². The number of phenols is 1. The van der Waals surface area contributed by atoms with Crippen LogP contribution in [0.4, 0.5) is 10.1 Å². The van der Waals surface area contributed by atoms with E-state index in [0.29, 0.717) is 0 Å². The number of benzene rings is 1. The van der Waals surface area contributed by atoms with E-state index in [-0.39, 0.29) is 17.1 Å². The molecule has 86 valence electrons. The predicted molar refractivity (Wildman–Crippen MR) is 60.3 cm³/mol. The van der Waals surface area contributed by atoms with Crippen LogP contribution in [0, 0.1) is 5.82 Å². The molecule has 17 heavy (non-hydrogen) atoms. The van der Waals surface area contributed by atoms with Gasteiger partial charge < -0.3 is 10.4 Å². The predicted octanol–water partition coefficient (Wildman–Crippen LogP) is 2.18. The van der Waals surface area contributed by atoms with Crippen LogP contribution in [0.2, 0.25) is 0 Å². The van der Waals surface area contributed by atoms with E-state index in [1.54, 1.807) is 12.1 Å². The van der Waals surface area contributed by atoms with Crippen molar-refractivity contribution in [2.45, 2.75) is 0 Å². The summed E-state index contributed by atoms with van der Waals surface area (Å²) in [6, 6.07) is 8.36. The molecule has 0 saturated carbocycles. The van der Waals surface area contributed by atoms with E-state index >= 15 is 0 Å². The maximum absolute atomic E-state index is 13.3. The zero-order chi connectivity index (χ0) is 12.3. The topological polar surface area (TPSA) is 62.2 Å². The largest absolute Gasteiger partial charge is 0.508 e. The number of pyridine rings is 1. The number of aromatic hydroxyl groups is 1. The molecular formula is C12H9FN2O2. The monoisotopic (exact) mass is 232 g/mol. The standard InChI is InChI=1S/C12H9FN2O2/c13-9-7-8(16)4-5-10(9)15-12(17)11-3-1-2-6-14-11/h1-7,16H,(H,15,17). The van der Waals surface area contributed by atoms with E-state index in [9.17, 15) is 9.18 Å². The third-order valence-corrected chi connectivity index (χ3v) is 2.10. The Bertz CT molecular complexity index is 543. The van der Waals surface area contributed by atoms with Crippen LogP contribution in [0.3, 0.4) is 0 Å². The van der Waals surface area contributed by atoms with Gasteiger partial charge in [-0.2, -0.15) is 0 Å². The minimum atomic E-state index is -0.700. The van der Waals surface area contributed by atoms with Crippen molar-refractivity contribution in [2.75, 3.05) is 5.32 Å². The van der Waals surface area contributed by atoms with Gasteiger partial charge in [-0.15, -0.1) is 0 Å². The third kappa shape index (κ3) is 2.57. The lowest BCUT2D eigenvalue weighted by Gasteiger charge is -2.05. The molecule has 0 saturated heterocycles. The number of nitrogens with one attached hydrogen (secondary N) is 1. The van der Waals surface area contributed by atoms with Crippen molar-refractivity contribution in [2.24, 2.45) is 0 Å². The molecule has 1 amide bonds. The van der Waals surface area contributed by atoms with Gasteiger partial charge in [-0.1, -0.05) is 6.07 Å². The summed E-state index contributed by atoms with van der Waals surface area (Å²) < 4.78 is 13.3. The van der Waals surface area contributed by atoms with E-state index in [1.165, 1.54) is 24.4 Å². The molecule has 0 radical (unpaired) electrons. The zero-order valence-corrected chi connectivity index (χ0v) is 8.72. The Hall–Kier alpha value is -2.43. The fourth-order valence-corrected chi connectivity index (χ4v) is 1.29. The molecule has 0 aliphatic rings. The summed E-state index contributed by atoms with van der Waals surface area (Å²) >= 11 is 0. The summed E-state index contributed by atoms with van der Waals surface area (Å²) in [5.74, 6) is -1.40. The second kappa shape index (κ2) is 4.61. The minimum absolute atomic E-state index is 0.00143. The number of halogens is 1. The lowest BCUT2D eigenvalue weighted by atomic mass is 10.2. The van der Waals surface area contributed by atoms with Gasteiger partial charge in [-0.05, 0) is 24.3 Å². The summed E-state index contributed by atoms with van der Waals surface area (Å²) in [6.45, 7) is 0. The van der Waals surface area contributed by atoms with Crippen LogP contribution in [-0.4, -0.2) is 16.0 Å². The molecule has 0 aliphatic carbocycles. The number of rotatable bonds is 2. The lowest BCUT2D eigenvalue weighted by Crippen LogP contribution is -2.14. The van der Waals surface area contributed by atoms with Crippen molar-refractivity contribution in [3.63, 3.8) is 0 Å². The second-order valence-corrected chi connectivity index (χ2v) is 3.33. The first-order valence-electron chi connectivity index (χ1n) is 4.88. The van der Waals surface area contributed by atoms with Gasteiger partial charge in [0.25, 0.3) is 5.91 Å². The van der Waals surface area contributed by atoms with E-state index in [1.807, 2.05) is 0 Å². The molecule has 5 heteroatoms. The molecular weight excluding hydrogens is 223 g/mol. The summed E-state index contributed by atoms with van der Waals surface area (Å²) in [6.07, 6.45) is 1.47. The molecule has 4 nitrogen and oxygen atoms in total. The number of amides is 1. The van der Waals surface area contributed by atoms with Crippen LogP contribution in [0.1, 0.15) is 10.5 Å². The number of carbonyl (C=O) groups excluding carboxylic acids is 1. The molecule has 2 aromatic rings. The normalized spacial score (nSPS) is 9.94. The number of hydrogen-bond acceptors (Lipinski definition) is 3. The van der Waals surface area contributed by atoms with Crippen molar-refractivity contribution in [1.82, 2.24) is 4.98 Å². The van der Waals surface area contributed by atoms with Crippen LogP contribution in [0.5, 0.6) is 5.75 Å². The highest BCUT2D eigenvalue weighted by Gasteiger charge is 2.10. The Balaban J connectivity index is 2.19. The average molecular weight is 232 g/mol. The molecule has 2 rings (SSSR count). The van der Waals surface area contributed by atoms with Crippen molar-refractivity contribution in [3.8, 4) is 5.75 Å². The molecule has 1 aromatic heterocycles. The Labute approximate surface area is 96.7 Å². The van der Waals surface area contributed by atoms with E-state index in [4.69, 9.17) is 5.11 Å². The Morgan fingerprint density at radius 3 is 2.76 bits per heavy atom. The van der Waals surface area contributed by atoms with Crippen LogP contribution in [0.25, 0.3) is 0 Å². The molecule has 1 aromatic carbocycles. The van der Waals surface area contributed by atoms with Gasteiger partial charge in [0, 0.05) is 12.3 Å². The quantitative estimate of drug-likeness (QED) is 0.780. The third-order valence-electron chi connectivity index (χ3n) is 2.10. The first kappa shape index (κ1) is 11.1. The number of nitrogens with zero attached hydrogens (tertiary/aromatic N) is 1. The van der Waals surface area contributed by atoms with E-state index in [2.05, 4.69) is 10.3 Å². The highest BCUT2D eigenvalue weighted by atomic mass is 19.1. The van der Waals surface area contributed by atoms with Gasteiger partial charge in [0.2, 0.25) is 0 Å². The first-order chi connectivity index (χ1) is 8.16. The highest BCUT2D eigenvalue weighted by molar-refractivity contribution is 6.02. The fourth-order valence-electron chi connectivity index (χ4n) is 1.29. The van der Waals surface area contributed by atoms with Crippen molar-refractivity contribution in [1.29, 1.82) is 0 Å². The van der Waals surface area contributed by atoms with Crippen molar-refractivity contribution in [3.05, 3.63) is 54.1 Å². The lowest BCUT2D eigenvalue weighted by molar-refractivity contribution is 0.102. The van der Waals surface area contributed by atoms with E-state index in [0.717, 1.165) is 6.07 Å². The Kier molecular flexibility index (Phi) is 3.00. The first-order valence-corrected chi connectivity index (χ1v) is 4.88.